The van der Waals surface area contributed by atoms with E-state index >= 15 is 0 Å². The van der Waals surface area contributed by atoms with Gasteiger partial charge in [0.1, 0.15) is 0 Å². The summed E-state index contributed by atoms with van der Waals surface area (Å²) in [6.45, 7) is 8.96. The Labute approximate surface area is 103 Å². The molecule has 0 N–H and O–H groups in total. The van der Waals surface area contributed by atoms with Crippen LogP contribution in [0.4, 0.5) is 0 Å². The minimum atomic E-state index is -0.279. The number of esters is 1. The third kappa shape index (κ3) is 3.72. The van der Waals surface area contributed by atoms with Gasteiger partial charge in [-0.15, -0.1) is 0 Å². The quantitative estimate of drug-likeness (QED) is 0.558. The fourth-order valence-electron chi connectivity index (χ4n) is 1.95. The van der Waals surface area contributed by atoms with Gasteiger partial charge in [-0.3, -0.25) is 9.59 Å². The number of amides is 1. The summed E-state index contributed by atoms with van der Waals surface area (Å²) < 4.78 is 5.16. The molecule has 0 aromatic heterocycles. The van der Waals surface area contributed by atoms with Crippen LogP contribution in [0.3, 0.4) is 0 Å². The third-order valence-electron chi connectivity index (χ3n) is 3.01. The topological polar surface area (TPSA) is 46.6 Å². The zero-order chi connectivity index (χ0) is 13.1. The van der Waals surface area contributed by atoms with Gasteiger partial charge in [-0.2, -0.15) is 0 Å². The van der Waals surface area contributed by atoms with Crippen molar-refractivity contribution in [1.29, 1.82) is 0 Å². The van der Waals surface area contributed by atoms with Crippen LogP contribution in [-0.4, -0.2) is 35.5 Å². The number of hydrogen-bond acceptors (Lipinski definition) is 3. The number of hydrogen-bond donors (Lipinski definition) is 0. The van der Waals surface area contributed by atoms with Crippen LogP contribution in [0.15, 0.2) is 0 Å². The van der Waals surface area contributed by atoms with E-state index in [1.54, 1.807) is 4.90 Å². The summed E-state index contributed by atoms with van der Waals surface area (Å²) in [7, 11) is 0. The molecule has 0 spiro atoms. The van der Waals surface area contributed by atoms with Gasteiger partial charge in [0, 0.05) is 18.5 Å². The van der Waals surface area contributed by atoms with Crippen molar-refractivity contribution in [3.05, 3.63) is 0 Å². The van der Waals surface area contributed by atoms with Gasteiger partial charge in [0.05, 0.1) is 12.5 Å². The van der Waals surface area contributed by atoms with Crippen LogP contribution in [0.1, 0.15) is 47.0 Å². The van der Waals surface area contributed by atoms with E-state index in [4.69, 9.17) is 4.74 Å². The fourth-order valence-corrected chi connectivity index (χ4v) is 1.95. The second kappa shape index (κ2) is 5.52. The molecule has 1 saturated heterocycles. The van der Waals surface area contributed by atoms with Crippen LogP contribution >= 0.6 is 0 Å². The number of likely N-dealkylation sites (tertiary alicyclic amines) is 1. The first-order chi connectivity index (χ1) is 7.86. The summed E-state index contributed by atoms with van der Waals surface area (Å²) in [6, 6.07) is 0. The van der Waals surface area contributed by atoms with Crippen LogP contribution in [0.25, 0.3) is 0 Å². The van der Waals surface area contributed by atoms with Crippen molar-refractivity contribution in [1.82, 2.24) is 4.90 Å². The molecule has 1 unspecified atom stereocenters. The Morgan fingerprint density at radius 3 is 2.59 bits per heavy atom. The molecule has 1 rings (SSSR count). The molecule has 0 aromatic rings. The summed E-state index contributed by atoms with van der Waals surface area (Å²) in [5.74, 6) is -0.452. The van der Waals surface area contributed by atoms with Crippen molar-refractivity contribution in [2.24, 2.45) is 5.92 Å². The highest BCUT2D eigenvalue weighted by Gasteiger charge is 2.40. The van der Waals surface area contributed by atoms with Gasteiger partial charge in [-0.25, -0.2) is 0 Å². The molecule has 0 bridgehead atoms. The Balaban J connectivity index is 2.48. The van der Waals surface area contributed by atoms with E-state index < -0.39 is 0 Å². The second-order valence-corrected chi connectivity index (χ2v) is 5.60. The largest absolute Gasteiger partial charge is 0.465 e. The number of rotatable bonds is 4. The third-order valence-corrected chi connectivity index (χ3v) is 3.01. The Morgan fingerprint density at radius 2 is 2.12 bits per heavy atom. The molecule has 1 heterocycles. The first-order valence-electron chi connectivity index (χ1n) is 6.33. The fraction of sp³-hybridized carbons (Fsp3) is 0.846. The van der Waals surface area contributed by atoms with Crippen molar-refractivity contribution >= 4 is 11.9 Å². The number of unbranched alkanes of at least 4 members (excludes halogenated alkanes) is 1. The van der Waals surface area contributed by atoms with Crippen molar-refractivity contribution in [2.75, 3.05) is 13.2 Å². The maximum atomic E-state index is 11.8. The molecular weight excluding hydrogens is 218 g/mol. The molecule has 0 saturated carbocycles. The van der Waals surface area contributed by atoms with Crippen LogP contribution in [0, 0.1) is 5.92 Å². The van der Waals surface area contributed by atoms with Crippen LogP contribution in [-0.2, 0) is 14.3 Å². The molecule has 4 heteroatoms. The lowest BCUT2D eigenvalue weighted by molar-refractivity contribution is -0.148. The van der Waals surface area contributed by atoms with Crippen molar-refractivity contribution in [3.8, 4) is 0 Å². The first kappa shape index (κ1) is 14.0. The molecule has 98 valence electrons. The zero-order valence-corrected chi connectivity index (χ0v) is 11.3. The van der Waals surface area contributed by atoms with E-state index in [-0.39, 0.29) is 23.3 Å². The van der Waals surface area contributed by atoms with E-state index in [1.165, 1.54) is 0 Å². The Morgan fingerprint density at radius 1 is 1.47 bits per heavy atom. The molecule has 1 amide bonds. The number of ether oxygens (including phenoxy) is 1. The predicted molar refractivity (Wildman–Crippen MR) is 65.4 cm³/mol. The highest BCUT2D eigenvalue weighted by atomic mass is 16.5. The minimum absolute atomic E-state index is 0.0509. The number of carbonyl (C=O) groups is 2. The van der Waals surface area contributed by atoms with Gasteiger partial charge in [-0.1, -0.05) is 13.3 Å². The van der Waals surface area contributed by atoms with E-state index in [0.717, 1.165) is 12.8 Å². The van der Waals surface area contributed by atoms with Crippen LogP contribution in [0.2, 0.25) is 0 Å². The Bertz CT molecular complexity index is 294. The monoisotopic (exact) mass is 241 g/mol. The van der Waals surface area contributed by atoms with Crippen LogP contribution < -0.4 is 0 Å². The van der Waals surface area contributed by atoms with Crippen molar-refractivity contribution < 1.29 is 14.3 Å². The SMILES string of the molecule is CCCCOC(=O)C1CC(=O)N(C(C)(C)C)C1. The maximum absolute atomic E-state index is 11.8. The molecule has 0 radical (unpaired) electrons. The lowest BCUT2D eigenvalue weighted by Crippen LogP contribution is -2.42. The maximum Gasteiger partial charge on any atom is 0.311 e. The van der Waals surface area contributed by atoms with Gasteiger partial charge in [0.2, 0.25) is 5.91 Å². The predicted octanol–water partition coefficient (Wildman–Crippen LogP) is 1.98. The van der Waals surface area contributed by atoms with Gasteiger partial charge in [0.25, 0.3) is 0 Å². The molecule has 1 aliphatic rings. The number of carbonyl (C=O) groups excluding carboxylic acids is 2. The van der Waals surface area contributed by atoms with Crippen molar-refractivity contribution in [2.45, 2.75) is 52.5 Å². The average molecular weight is 241 g/mol. The lowest BCUT2D eigenvalue weighted by atomic mass is 10.1. The van der Waals surface area contributed by atoms with Gasteiger partial charge in [0.15, 0.2) is 0 Å². The van der Waals surface area contributed by atoms with E-state index in [9.17, 15) is 9.59 Å². The smallest absolute Gasteiger partial charge is 0.311 e. The van der Waals surface area contributed by atoms with E-state index in [1.807, 2.05) is 27.7 Å². The van der Waals surface area contributed by atoms with Gasteiger partial charge in [-0.05, 0) is 27.2 Å². The molecular formula is C13H23NO3. The van der Waals surface area contributed by atoms with E-state index in [0.29, 0.717) is 19.6 Å². The molecule has 1 atom stereocenters. The number of nitrogens with zero attached hydrogens (tertiary/aromatic N) is 1. The lowest BCUT2D eigenvalue weighted by Gasteiger charge is -2.31. The molecule has 0 aromatic carbocycles. The zero-order valence-electron chi connectivity index (χ0n) is 11.3. The Hall–Kier alpha value is -1.06. The van der Waals surface area contributed by atoms with Gasteiger partial charge < -0.3 is 9.64 Å². The summed E-state index contributed by atoms with van der Waals surface area (Å²) in [4.78, 5) is 25.3. The molecule has 17 heavy (non-hydrogen) atoms. The molecule has 1 fully saturated rings. The second-order valence-electron chi connectivity index (χ2n) is 5.60. The van der Waals surface area contributed by atoms with Gasteiger partial charge >= 0.3 is 5.97 Å². The highest BCUT2D eigenvalue weighted by molar-refractivity contribution is 5.87. The Kier molecular flexibility index (Phi) is 4.54. The highest BCUT2D eigenvalue weighted by Crippen LogP contribution is 2.26. The average Bonchev–Trinajstić information content (AvgIpc) is 2.60. The molecule has 1 aliphatic heterocycles. The van der Waals surface area contributed by atoms with Crippen LogP contribution in [0.5, 0.6) is 0 Å². The summed E-state index contributed by atoms with van der Waals surface area (Å²) in [5, 5.41) is 0. The first-order valence-corrected chi connectivity index (χ1v) is 6.33. The molecule has 4 nitrogen and oxygen atoms in total. The van der Waals surface area contributed by atoms with E-state index in [2.05, 4.69) is 0 Å². The minimum Gasteiger partial charge on any atom is -0.465 e. The summed E-state index contributed by atoms with van der Waals surface area (Å²) in [6.07, 6.45) is 2.18. The normalized spacial score (nSPS) is 20.8. The van der Waals surface area contributed by atoms with Crippen molar-refractivity contribution in [3.63, 3.8) is 0 Å². The summed E-state index contributed by atoms with van der Waals surface area (Å²) in [5.41, 5.74) is -0.213. The summed E-state index contributed by atoms with van der Waals surface area (Å²) >= 11 is 0. The molecule has 0 aliphatic carbocycles. The standard InChI is InChI=1S/C13H23NO3/c1-5-6-7-17-12(16)10-8-11(15)14(9-10)13(2,3)4/h10H,5-9H2,1-4H3.